The minimum atomic E-state index is -4.46. The number of phenolic OH excluding ortho intramolecular Hbond substituents is 1. The quantitative estimate of drug-likeness (QED) is 0.0737. The number of carbonyl (C=O) groups excluding carboxylic acids is 1. The highest BCUT2D eigenvalue weighted by Crippen LogP contribution is 2.40. The average Bonchev–Trinajstić information content (AvgIpc) is 3.40. The number of nitro groups is 1. The Balaban J connectivity index is 1.59. The van der Waals surface area contributed by atoms with Gasteiger partial charge in [0.25, 0.3) is 15.7 Å². The van der Waals surface area contributed by atoms with Crippen molar-refractivity contribution >= 4 is 38.5 Å². The minimum Gasteiger partial charge on any atom is -0.507 e. The monoisotopic (exact) mass is 585 g/mol. The van der Waals surface area contributed by atoms with Crippen molar-refractivity contribution in [2.24, 2.45) is 5.73 Å². The van der Waals surface area contributed by atoms with Crippen molar-refractivity contribution in [2.75, 3.05) is 0 Å². The predicted molar refractivity (Wildman–Crippen MR) is 154 cm³/mol. The third-order valence-electron chi connectivity index (χ3n) is 6.42. The lowest BCUT2D eigenvalue weighted by molar-refractivity contribution is -0.384. The lowest BCUT2D eigenvalue weighted by Gasteiger charge is -2.13. The van der Waals surface area contributed by atoms with E-state index in [0.29, 0.717) is 16.6 Å². The maximum atomic E-state index is 13.4. The van der Waals surface area contributed by atoms with Crippen LogP contribution in [-0.2, 0) is 21.2 Å². The summed E-state index contributed by atoms with van der Waals surface area (Å²) in [4.78, 5) is 34.5. The number of H-pyrrole nitrogens is 1. The minimum absolute atomic E-state index is 0.0377. The second kappa shape index (κ2) is 11.1. The van der Waals surface area contributed by atoms with Crippen LogP contribution in [0.4, 0.5) is 5.69 Å². The van der Waals surface area contributed by atoms with Gasteiger partial charge in [-0.05, 0) is 53.9 Å². The van der Waals surface area contributed by atoms with Crippen LogP contribution in [0.1, 0.15) is 17.5 Å². The molecular formula is C28H23N7O6S. The number of carbonyl (C=O) groups is 1. The van der Waals surface area contributed by atoms with Gasteiger partial charge in [-0.1, -0.05) is 18.2 Å². The van der Waals surface area contributed by atoms with E-state index in [-0.39, 0.29) is 51.8 Å². The molecule has 0 saturated heterocycles. The van der Waals surface area contributed by atoms with Gasteiger partial charge in [0, 0.05) is 42.1 Å². The average molecular weight is 586 g/mol. The Morgan fingerprint density at radius 1 is 1.10 bits per heavy atom. The first-order valence-electron chi connectivity index (χ1n) is 12.4. The predicted octanol–water partition coefficient (Wildman–Crippen LogP) is 3.63. The van der Waals surface area contributed by atoms with Crippen molar-refractivity contribution in [1.82, 2.24) is 19.7 Å². The van der Waals surface area contributed by atoms with Gasteiger partial charge in [0.1, 0.15) is 17.4 Å². The molecule has 0 fully saturated rings. The molecule has 42 heavy (non-hydrogen) atoms. The number of hydrogen-bond acceptors (Lipinski definition) is 9. The molecule has 14 heteroatoms. The number of nitrogens with one attached hydrogen (secondary N) is 3. The second-order valence-corrected chi connectivity index (χ2v) is 11.0. The molecule has 5 rings (SSSR count). The first kappa shape index (κ1) is 27.9. The number of rotatable bonds is 9. The summed E-state index contributed by atoms with van der Waals surface area (Å²) in [7, 11) is -4.46. The van der Waals surface area contributed by atoms with Crippen molar-refractivity contribution in [3.63, 3.8) is 0 Å². The summed E-state index contributed by atoms with van der Waals surface area (Å²) < 4.78 is 28.8. The molecule has 3 aromatic carbocycles. The number of imidazole rings is 1. The third kappa shape index (κ3) is 5.78. The smallest absolute Gasteiger partial charge is 0.270 e. The van der Waals surface area contributed by atoms with E-state index in [1.807, 2.05) is 0 Å². The number of benzene rings is 3. The van der Waals surface area contributed by atoms with Gasteiger partial charge >= 0.3 is 0 Å². The Kier molecular flexibility index (Phi) is 7.37. The van der Waals surface area contributed by atoms with Gasteiger partial charge in [-0.2, -0.15) is 0 Å². The Hall–Kier alpha value is -5.63. The molecule has 212 valence electrons. The summed E-state index contributed by atoms with van der Waals surface area (Å²) in [6.45, 7) is 0. The van der Waals surface area contributed by atoms with Crippen LogP contribution >= 0.6 is 0 Å². The number of hydrogen-bond donors (Lipinski definition) is 5. The van der Waals surface area contributed by atoms with Gasteiger partial charge in [0.15, 0.2) is 0 Å². The number of phenols is 1. The standard InChI is InChI=1S/C28H23N7O6S/c29-27(30)18-7-8-23-24(12-18)33-28(32-23)22-14-20(13-21(26(22)37)17-4-1-5-19(11-17)35(38)39)42(40,41)34-25(36)9-6-16-3-2-10-31-15-16/h1-5,7-8,10-15,37H,6,9H2,(H3,29,30)(H,32,33)(H,34,36). The molecule has 0 saturated carbocycles. The van der Waals surface area contributed by atoms with Crippen LogP contribution in [0, 0.1) is 15.5 Å². The Labute approximate surface area is 238 Å². The number of amides is 1. The van der Waals surface area contributed by atoms with E-state index in [2.05, 4.69) is 19.7 Å². The van der Waals surface area contributed by atoms with Gasteiger partial charge in [0.2, 0.25) is 5.91 Å². The molecule has 0 unspecified atom stereocenters. The van der Waals surface area contributed by atoms with E-state index in [1.54, 1.807) is 42.7 Å². The highest BCUT2D eigenvalue weighted by Gasteiger charge is 2.25. The zero-order valence-electron chi connectivity index (χ0n) is 21.7. The highest BCUT2D eigenvalue weighted by atomic mass is 32.2. The molecule has 5 aromatic rings. The number of fused-ring (bicyclic) bond motifs is 1. The molecular weight excluding hydrogens is 562 g/mol. The number of non-ortho nitro benzene ring substituents is 1. The van der Waals surface area contributed by atoms with Crippen molar-refractivity contribution in [3.05, 3.63) is 100 Å². The maximum Gasteiger partial charge on any atom is 0.270 e. The SMILES string of the molecule is N=C(N)c1ccc2nc(-c3cc(S(=O)(=O)NC(=O)CCc4cccnc4)cc(-c4cccc([N+](=O)[O-])c4)c3O)[nH]c2c1. The number of sulfonamides is 1. The third-order valence-corrected chi connectivity index (χ3v) is 7.77. The van der Waals surface area contributed by atoms with Gasteiger partial charge in [-0.3, -0.25) is 25.3 Å². The number of aromatic hydroxyl groups is 1. The van der Waals surface area contributed by atoms with Crippen molar-refractivity contribution in [2.45, 2.75) is 17.7 Å². The molecule has 1 amide bonds. The molecule has 13 nitrogen and oxygen atoms in total. The Morgan fingerprint density at radius 2 is 1.88 bits per heavy atom. The summed E-state index contributed by atoms with van der Waals surface area (Å²) in [6.07, 6.45) is 3.29. The van der Waals surface area contributed by atoms with Crippen molar-refractivity contribution < 1.29 is 23.2 Å². The Bertz CT molecular complexity index is 1970. The summed E-state index contributed by atoms with van der Waals surface area (Å²) in [5, 5.41) is 30.4. The molecule has 0 spiro atoms. The number of aromatic nitrogens is 3. The molecule has 0 aliphatic carbocycles. The fourth-order valence-electron chi connectivity index (χ4n) is 4.32. The normalized spacial score (nSPS) is 11.3. The lowest BCUT2D eigenvalue weighted by atomic mass is 10.0. The topological polar surface area (TPSA) is 218 Å². The number of pyridine rings is 1. The number of aryl methyl sites for hydroxylation is 1. The number of nitrogens with zero attached hydrogens (tertiary/aromatic N) is 3. The number of nitrogens with two attached hydrogens (primary N) is 1. The highest BCUT2D eigenvalue weighted by molar-refractivity contribution is 7.90. The van der Waals surface area contributed by atoms with Crippen LogP contribution in [-0.4, -0.2) is 45.1 Å². The molecule has 2 heterocycles. The first-order chi connectivity index (χ1) is 20.0. The van der Waals surface area contributed by atoms with Crippen LogP contribution in [0.2, 0.25) is 0 Å². The van der Waals surface area contributed by atoms with E-state index in [1.165, 1.54) is 24.3 Å². The van der Waals surface area contributed by atoms with E-state index >= 15 is 0 Å². The Morgan fingerprint density at radius 3 is 2.60 bits per heavy atom. The second-order valence-electron chi connectivity index (χ2n) is 9.30. The van der Waals surface area contributed by atoms with Crippen LogP contribution in [0.25, 0.3) is 33.5 Å². The van der Waals surface area contributed by atoms with E-state index in [0.717, 1.165) is 17.7 Å². The molecule has 0 radical (unpaired) electrons. The molecule has 0 atom stereocenters. The summed E-state index contributed by atoms with van der Waals surface area (Å²) in [6, 6.07) is 15.9. The number of aromatic amines is 1. The number of nitro benzene ring substituents is 1. The molecule has 0 aliphatic heterocycles. The van der Waals surface area contributed by atoms with Gasteiger partial charge < -0.3 is 15.8 Å². The largest absolute Gasteiger partial charge is 0.507 e. The fourth-order valence-corrected chi connectivity index (χ4v) is 5.38. The van der Waals surface area contributed by atoms with E-state index in [9.17, 15) is 28.4 Å². The zero-order valence-corrected chi connectivity index (χ0v) is 22.6. The maximum absolute atomic E-state index is 13.4. The fraction of sp³-hybridized carbons (Fsp3) is 0.0714. The lowest BCUT2D eigenvalue weighted by Crippen LogP contribution is -2.30. The number of nitrogen functional groups attached to an aromatic ring is 1. The van der Waals surface area contributed by atoms with Crippen molar-refractivity contribution in [1.29, 1.82) is 5.41 Å². The molecule has 6 N–H and O–H groups in total. The number of amidine groups is 1. The van der Waals surface area contributed by atoms with Crippen LogP contribution in [0.5, 0.6) is 5.75 Å². The summed E-state index contributed by atoms with van der Waals surface area (Å²) >= 11 is 0. The van der Waals surface area contributed by atoms with Crippen LogP contribution in [0.3, 0.4) is 0 Å². The van der Waals surface area contributed by atoms with Gasteiger partial charge in [-0.15, -0.1) is 0 Å². The van der Waals surface area contributed by atoms with Crippen molar-refractivity contribution in [3.8, 4) is 28.3 Å². The zero-order chi connectivity index (χ0) is 30.0. The molecule has 0 bridgehead atoms. The van der Waals surface area contributed by atoms with Crippen LogP contribution < -0.4 is 10.5 Å². The van der Waals surface area contributed by atoms with Gasteiger partial charge in [0.05, 0.1) is 26.4 Å². The van der Waals surface area contributed by atoms with Crippen LogP contribution in [0.15, 0.2) is 84.0 Å². The summed E-state index contributed by atoms with van der Waals surface area (Å²) in [5.41, 5.74) is 7.48. The van der Waals surface area contributed by atoms with E-state index in [4.69, 9.17) is 11.1 Å². The van der Waals surface area contributed by atoms with E-state index < -0.39 is 26.6 Å². The molecule has 0 aliphatic rings. The van der Waals surface area contributed by atoms with Gasteiger partial charge in [-0.25, -0.2) is 18.1 Å². The summed E-state index contributed by atoms with van der Waals surface area (Å²) in [5.74, 6) is -1.25. The molecule has 2 aromatic heterocycles. The first-order valence-corrected chi connectivity index (χ1v) is 13.9.